The van der Waals surface area contributed by atoms with E-state index in [-0.39, 0.29) is 0 Å². The average Bonchev–Trinajstić information content (AvgIpc) is 2.39. The number of piperidine rings is 1. The summed E-state index contributed by atoms with van der Waals surface area (Å²) in [5, 5.41) is 3.44. The first kappa shape index (κ1) is 14.8. The van der Waals surface area contributed by atoms with E-state index in [2.05, 4.69) is 26.1 Å². The smallest absolute Gasteiger partial charge is 0.107 e. The molecule has 19 heavy (non-hydrogen) atoms. The number of anilines is 1. The summed E-state index contributed by atoms with van der Waals surface area (Å²) in [6.07, 6.45) is 4.03. The second-order valence-corrected chi connectivity index (χ2v) is 6.15. The molecule has 0 unspecified atom stereocenters. The summed E-state index contributed by atoms with van der Waals surface area (Å²) in [5.41, 5.74) is 7.69. The number of hydrogen-bond donors (Lipinski definition) is 2. The normalized spacial score (nSPS) is 16.3. The van der Waals surface area contributed by atoms with Gasteiger partial charge < -0.3 is 16.0 Å². The molecule has 0 saturated carbocycles. The molecule has 0 amide bonds. The van der Waals surface area contributed by atoms with Crippen LogP contribution < -0.4 is 11.1 Å². The molecule has 1 fully saturated rings. The van der Waals surface area contributed by atoms with Crippen molar-refractivity contribution in [2.24, 2.45) is 5.73 Å². The summed E-state index contributed by atoms with van der Waals surface area (Å²) >= 11 is 8.61. The Hall–Kier alpha value is -0.650. The van der Waals surface area contributed by atoms with Crippen LogP contribution >= 0.6 is 28.1 Å². The van der Waals surface area contributed by atoms with Gasteiger partial charge in [0.2, 0.25) is 0 Å². The van der Waals surface area contributed by atoms with Crippen LogP contribution in [0, 0.1) is 0 Å². The fourth-order valence-corrected chi connectivity index (χ4v) is 3.38. The van der Waals surface area contributed by atoms with Crippen LogP contribution in [0.2, 0.25) is 0 Å². The molecule has 1 saturated heterocycles. The molecule has 0 aliphatic carbocycles. The molecule has 0 bridgehead atoms. The van der Waals surface area contributed by atoms with Gasteiger partial charge in [0.15, 0.2) is 0 Å². The number of benzene rings is 1. The maximum Gasteiger partial charge on any atom is 0.107 e. The molecule has 3 N–H and O–H groups in total. The van der Waals surface area contributed by atoms with Crippen LogP contribution in [-0.2, 0) is 0 Å². The Kier molecular flexibility index (Phi) is 5.60. The number of thiocarbonyl (C=S) groups is 1. The van der Waals surface area contributed by atoms with Crippen molar-refractivity contribution in [3.63, 3.8) is 0 Å². The topological polar surface area (TPSA) is 41.3 Å². The predicted molar refractivity (Wildman–Crippen MR) is 88.8 cm³/mol. The van der Waals surface area contributed by atoms with Crippen LogP contribution in [-0.4, -0.2) is 36.1 Å². The van der Waals surface area contributed by atoms with Crippen LogP contribution in [0.15, 0.2) is 22.7 Å². The second kappa shape index (κ2) is 7.22. The maximum absolute atomic E-state index is 5.78. The van der Waals surface area contributed by atoms with Crippen molar-refractivity contribution in [2.45, 2.75) is 19.3 Å². The summed E-state index contributed by atoms with van der Waals surface area (Å²) in [6, 6.07) is 5.98. The molecule has 1 aromatic carbocycles. The summed E-state index contributed by atoms with van der Waals surface area (Å²) in [5.74, 6) is 0. The number of hydrogen-bond acceptors (Lipinski definition) is 3. The Labute approximate surface area is 128 Å². The van der Waals surface area contributed by atoms with E-state index >= 15 is 0 Å². The number of likely N-dealkylation sites (tertiary alicyclic amines) is 1. The van der Waals surface area contributed by atoms with Crippen molar-refractivity contribution >= 4 is 38.8 Å². The van der Waals surface area contributed by atoms with Gasteiger partial charge in [-0.3, -0.25) is 0 Å². The number of halogens is 1. The number of nitrogens with zero attached hydrogens (tertiary/aromatic N) is 1. The Morgan fingerprint density at radius 2 is 2.05 bits per heavy atom. The van der Waals surface area contributed by atoms with Crippen LogP contribution in [0.5, 0.6) is 0 Å². The molecule has 0 aromatic heterocycles. The minimum Gasteiger partial charge on any atom is -0.389 e. The Morgan fingerprint density at radius 1 is 1.32 bits per heavy atom. The van der Waals surface area contributed by atoms with Gasteiger partial charge in [-0.1, -0.05) is 24.7 Å². The molecule has 0 radical (unpaired) electrons. The first-order valence-electron chi connectivity index (χ1n) is 6.73. The standard InChI is InChI=1S/C14H20BrN3S/c15-11-5-4-6-12(13(11)14(16)19)17-7-10-18-8-2-1-3-9-18/h4-6,17H,1-3,7-10H2,(H2,16,19). The average molecular weight is 342 g/mol. The van der Waals surface area contributed by atoms with Gasteiger partial charge in [-0.25, -0.2) is 0 Å². The minimum absolute atomic E-state index is 0.424. The first-order valence-corrected chi connectivity index (χ1v) is 7.93. The highest BCUT2D eigenvalue weighted by Crippen LogP contribution is 2.24. The SMILES string of the molecule is NC(=S)c1c(Br)cccc1NCCN1CCCCC1. The number of rotatable bonds is 5. The van der Waals surface area contributed by atoms with E-state index in [1.54, 1.807) is 0 Å². The van der Waals surface area contributed by atoms with Crippen LogP contribution in [0.4, 0.5) is 5.69 Å². The van der Waals surface area contributed by atoms with Crippen molar-refractivity contribution in [1.29, 1.82) is 0 Å². The molecular weight excluding hydrogens is 322 g/mol. The van der Waals surface area contributed by atoms with Crippen molar-refractivity contribution in [2.75, 3.05) is 31.5 Å². The molecule has 1 heterocycles. The van der Waals surface area contributed by atoms with Gasteiger partial charge in [0.25, 0.3) is 0 Å². The fraction of sp³-hybridized carbons (Fsp3) is 0.500. The van der Waals surface area contributed by atoms with E-state index in [1.807, 2.05) is 18.2 Å². The van der Waals surface area contributed by atoms with E-state index in [9.17, 15) is 0 Å². The zero-order valence-corrected chi connectivity index (χ0v) is 13.4. The van der Waals surface area contributed by atoms with E-state index in [0.29, 0.717) is 4.99 Å². The minimum atomic E-state index is 0.424. The Bertz CT molecular complexity index is 444. The molecule has 0 atom stereocenters. The molecule has 5 heteroatoms. The highest BCUT2D eigenvalue weighted by atomic mass is 79.9. The maximum atomic E-state index is 5.78. The summed E-state index contributed by atoms with van der Waals surface area (Å²) in [4.78, 5) is 2.93. The van der Waals surface area contributed by atoms with Crippen molar-refractivity contribution in [3.8, 4) is 0 Å². The molecular formula is C14H20BrN3S. The molecule has 0 spiro atoms. The summed E-state index contributed by atoms with van der Waals surface area (Å²) in [7, 11) is 0. The lowest BCUT2D eigenvalue weighted by atomic mass is 10.1. The van der Waals surface area contributed by atoms with E-state index in [1.165, 1.54) is 32.4 Å². The van der Waals surface area contributed by atoms with Crippen molar-refractivity contribution < 1.29 is 0 Å². The first-order chi connectivity index (χ1) is 9.18. The fourth-order valence-electron chi connectivity index (χ4n) is 2.45. The van der Waals surface area contributed by atoms with Gasteiger partial charge in [0.1, 0.15) is 4.99 Å². The summed E-state index contributed by atoms with van der Waals surface area (Å²) in [6.45, 7) is 4.44. The van der Waals surface area contributed by atoms with Crippen molar-refractivity contribution in [3.05, 3.63) is 28.2 Å². The highest BCUT2D eigenvalue weighted by Gasteiger charge is 2.11. The lowest BCUT2D eigenvalue weighted by molar-refractivity contribution is 0.237. The molecule has 104 valence electrons. The number of nitrogens with one attached hydrogen (secondary N) is 1. The third-order valence-electron chi connectivity index (χ3n) is 3.45. The van der Waals surface area contributed by atoms with Gasteiger partial charge in [-0.05, 0) is 54.0 Å². The lowest BCUT2D eigenvalue weighted by Gasteiger charge is -2.26. The van der Waals surface area contributed by atoms with Gasteiger partial charge >= 0.3 is 0 Å². The molecule has 1 aliphatic heterocycles. The van der Waals surface area contributed by atoms with Gasteiger partial charge in [-0.2, -0.15) is 0 Å². The third kappa shape index (κ3) is 4.16. The monoisotopic (exact) mass is 341 g/mol. The van der Waals surface area contributed by atoms with Gasteiger partial charge in [0, 0.05) is 28.8 Å². The zero-order valence-electron chi connectivity index (χ0n) is 11.0. The van der Waals surface area contributed by atoms with E-state index in [0.717, 1.165) is 28.8 Å². The molecule has 1 aromatic rings. The largest absolute Gasteiger partial charge is 0.389 e. The van der Waals surface area contributed by atoms with Crippen LogP contribution in [0.1, 0.15) is 24.8 Å². The predicted octanol–water partition coefficient (Wildman–Crippen LogP) is 2.98. The summed E-state index contributed by atoms with van der Waals surface area (Å²) < 4.78 is 0.947. The van der Waals surface area contributed by atoms with E-state index < -0.39 is 0 Å². The number of nitrogens with two attached hydrogens (primary N) is 1. The third-order valence-corrected chi connectivity index (χ3v) is 4.32. The Morgan fingerprint density at radius 3 is 2.74 bits per heavy atom. The van der Waals surface area contributed by atoms with Gasteiger partial charge in [0.05, 0.1) is 0 Å². The molecule has 3 nitrogen and oxygen atoms in total. The molecule has 2 rings (SSSR count). The zero-order chi connectivity index (χ0) is 13.7. The van der Waals surface area contributed by atoms with Gasteiger partial charge in [-0.15, -0.1) is 0 Å². The van der Waals surface area contributed by atoms with E-state index in [4.69, 9.17) is 18.0 Å². The lowest BCUT2D eigenvalue weighted by Crippen LogP contribution is -2.33. The second-order valence-electron chi connectivity index (χ2n) is 4.86. The van der Waals surface area contributed by atoms with Crippen molar-refractivity contribution in [1.82, 2.24) is 4.90 Å². The van der Waals surface area contributed by atoms with Crippen LogP contribution in [0.3, 0.4) is 0 Å². The van der Waals surface area contributed by atoms with Crippen LogP contribution in [0.25, 0.3) is 0 Å². The quantitative estimate of drug-likeness (QED) is 0.808. The molecule has 1 aliphatic rings. The Balaban J connectivity index is 1.92. The highest BCUT2D eigenvalue weighted by molar-refractivity contribution is 9.10.